The average Bonchev–Trinajstić information content (AvgIpc) is 3.33. The van der Waals surface area contributed by atoms with Gasteiger partial charge in [0.2, 0.25) is 0 Å². The number of fused-ring (bicyclic) bond motifs is 1. The number of ketones is 1. The number of Topliss-reactive ketones (excluding diaryl/α,β-unsaturated/α-hetero) is 1. The predicted octanol–water partition coefficient (Wildman–Crippen LogP) is 4.19. The van der Waals surface area contributed by atoms with Gasteiger partial charge in [-0.1, -0.05) is 36.4 Å². The van der Waals surface area contributed by atoms with Crippen LogP contribution in [0.25, 0.3) is 16.7 Å². The molecule has 1 amide bonds. The molecular formula is C24H17N3O3. The molecule has 0 aliphatic carbocycles. The van der Waals surface area contributed by atoms with E-state index in [4.69, 9.17) is 0 Å². The number of H-pyrrole nitrogens is 1. The third-order valence-electron chi connectivity index (χ3n) is 5.35. The van der Waals surface area contributed by atoms with Crippen LogP contribution in [0.5, 0.6) is 0 Å². The lowest BCUT2D eigenvalue weighted by atomic mass is 9.95. The maximum absolute atomic E-state index is 13.1. The normalized spacial score (nSPS) is 18.3. The van der Waals surface area contributed by atoms with E-state index in [-0.39, 0.29) is 11.3 Å². The van der Waals surface area contributed by atoms with Crippen LogP contribution in [0, 0.1) is 0 Å². The van der Waals surface area contributed by atoms with Crippen molar-refractivity contribution in [3.8, 4) is 0 Å². The van der Waals surface area contributed by atoms with Gasteiger partial charge in [-0.05, 0) is 30.3 Å². The summed E-state index contributed by atoms with van der Waals surface area (Å²) in [6.07, 6.45) is 4.85. The lowest BCUT2D eigenvalue weighted by Gasteiger charge is -2.25. The number of nitrogens with zero attached hydrogens (tertiary/aromatic N) is 2. The molecule has 5 rings (SSSR count). The van der Waals surface area contributed by atoms with E-state index in [1.807, 2.05) is 42.5 Å². The Bertz CT molecular complexity index is 1290. The summed E-state index contributed by atoms with van der Waals surface area (Å²) in [6, 6.07) is 19.1. The van der Waals surface area contributed by atoms with E-state index in [1.165, 1.54) is 17.3 Å². The fourth-order valence-electron chi connectivity index (χ4n) is 3.97. The topological polar surface area (TPSA) is 86.3 Å². The third-order valence-corrected chi connectivity index (χ3v) is 5.35. The zero-order valence-corrected chi connectivity index (χ0v) is 15.8. The summed E-state index contributed by atoms with van der Waals surface area (Å²) in [6.45, 7) is 0. The van der Waals surface area contributed by atoms with Gasteiger partial charge in [0.05, 0.1) is 11.6 Å². The van der Waals surface area contributed by atoms with Crippen LogP contribution in [-0.2, 0) is 9.59 Å². The molecule has 1 aliphatic heterocycles. The monoisotopic (exact) mass is 395 g/mol. The zero-order valence-electron chi connectivity index (χ0n) is 15.8. The maximum atomic E-state index is 13.1. The number of para-hydroxylation sites is 2. The number of pyridine rings is 1. The molecule has 0 radical (unpaired) electrons. The molecule has 1 saturated heterocycles. The minimum absolute atomic E-state index is 0.0554. The minimum Gasteiger partial charge on any atom is -0.507 e. The standard InChI is InChI=1S/C24H17N3O3/c28-22(15-10-12-25-13-11-15)20-21(18-14-26-19-9-5-4-8-17(18)19)27(24(30)23(20)29)16-6-2-1-3-7-16/h1-14,21,26,28H/b22-20+. The quantitative estimate of drug-likeness (QED) is 0.309. The number of aromatic amines is 1. The second-order valence-electron chi connectivity index (χ2n) is 7.03. The highest BCUT2D eigenvalue weighted by Gasteiger charge is 2.47. The van der Waals surface area contributed by atoms with E-state index in [2.05, 4.69) is 9.97 Å². The first-order chi connectivity index (χ1) is 14.7. The Morgan fingerprint density at radius 2 is 1.63 bits per heavy atom. The number of aliphatic hydroxyl groups is 1. The number of hydrogen-bond acceptors (Lipinski definition) is 4. The molecule has 2 aromatic carbocycles. The van der Waals surface area contributed by atoms with Gasteiger partial charge in [0.25, 0.3) is 11.7 Å². The molecule has 2 N–H and O–H groups in total. The third kappa shape index (κ3) is 2.69. The van der Waals surface area contributed by atoms with Crippen LogP contribution in [0.15, 0.2) is 90.9 Å². The second-order valence-corrected chi connectivity index (χ2v) is 7.03. The van der Waals surface area contributed by atoms with E-state index >= 15 is 0 Å². The minimum atomic E-state index is -0.767. The molecule has 6 heteroatoms. The van der Waals surface area contributed by atoms with Crippen LogP contribution in [0.2, 0.25) is 0 Å². The van der Waals surface area contributed by atoms with E-state index in [0.29, 0.717) is 11.3 Å². The summed E-state index contributed by atoms with van der Waals surface area (Å²) in [7, 11) is 0. The Morgan fingerprint density at radius 3 is 2.40 bits per heavy atom. The van der Waals surface area contributed by atoms with Crippen molar-refractivity contribution in [3.63, 3.8) is 0 Å². The lowest BCUT2D eigenvalue weighted by molar-refractivity contribution is -0.132. The molecule has 0 spiro atoms. The van der Waals surface area contributed by atoms with Gasteiger partial charge < -0.3 is 10.1 Å². The van der Waals surface area contributed by atoms with Crippen LogP contribution in [-0.4, -0.2) is 26.8 Å². The van der Waals surface area contributed by atoms with Crippen molar-refractivity contribution >= 4 is 34.0 Å². The first-order valence-corrected chi connectivity index (χ1v) is 9.49. The van der Waals surface area contributed by atoms with Crippen LogP contribution in [0.3, 0.4) is 0 Å². The van der Waals surface area contributed by atoms with Gasteiger partial charge >= 0.3 is 0 Å². The SMILES string of the molecule is O=C1C(=O)N(c2ccccc2)C(c2c[nH]c3ccccc23)/C1=C(\O)c1ccncc1. The number of benzene rings is 2. The van der Waals surface area contributed by atoms with Crippen molar-refractivity contribution < 1.29 is 14.7 Å². The fourth-order valence-corrected chi connectivity index (χ4v) is 3.97. The molecule has 1 atom stereocenters. The molecule has 2 aromatic heterocycles. The number of carbonyl (C=O) groups excluding carboxylic acids is 2. The van der Waals surface area contributed by atoms with Gasteiger partial charge in [-0.15, -0.1) is 0 Å². The lowest BCUT2D eigenvalue weighted by Crippen LogP contribution is -2.29. The molecule has 146 valence electrons. The van der Waals surface area contributed by atoms with Crippen molar-refractivity contribution in [2.75, 3.05) is 4.90 Å². The Balaban J connectivity index is 1.79. The average molecular weight is 395 g/mol. The van der Waals surface area contributed by atoms with Crippen molar-refractivity contribution in [1.82, 2.24) is 9.97 Å². The van der Waals surface area contributed by atoms with E-state index in [9.17, 15) is 14.7 Å². The maximum Gasteiger partial charge on any atom is 0.300 e. The summed E-state index contributed by atoms with van der Waals surface area (Å²) in [4.78, 5) is 34.8. The van der Waals surface area contributed by atoms with E-state index in [1.54, 1.807) is 30.5 Å². The van der Waals surface area contributed by atoms with Crippen molar-refractivity contribution in [2.45, 2.75) is 6.04 Å². The molecule has 30 heavy (non-hydrogen) atoms. The number of anilines is 1. The highest BCUT2D eigenvalue weighted by Crippen LogP contribution is 2.44. The molecule has 1 fully saturated rings. The molecule has 3 heterocycles. The summed E-state index contributed by atoms with van der Waals surface area (Å²) in [5, 5.41) is 11.9. The van der Waals surface area contributed by atoms with Gasteiger partial charge in [0, 0.05) is 46.3 Å². The van der Waals surface area contributed by atoms with Gasteiger partial charge in [-0.3, -0.25) is 19.5 Å². The molecule has 1 aliphatic rings. The first-order valence-electron chi connectivity index (χ1n) is 9.49. The molecule has 6 nitrogen and oxygen atoms in total. The summed E-state index contributed by atoms with van der Waals surface area (Å²) < 4.78 is 0. The number of hydrogen-bond donors (Lipinski definition) is 2. The summed E-state index contributed by atoms with van der Waals surface area (Å²) in [5.74, 6) is -1.61. The number of nitrogens with one attached hydrogen (secondary N) is 1. The molecule has 0 bridgehead atoms. The molecular weight excluding hydrogens is 378 g/mol. The Labute approximate surface area is 172 Å². The van der Waals surface area contributed by atoms with E-state index < -0.39 is 17.7 Å². The number of carbonyl (C=O) groups is 2. The smallest absolute Gasteiger partial charge is 0.300 e. The highest BCUT2D eigenvalue weighted by molar-refractivity contribution is 6.51. The Morgan fingerprint density at radius 1 is 0.933 bits per heavy atom. The molecule has 4 aromatic rings. The zero-order chi connectivity index (χ0) is 20.7. The molecule has 0 saturated carbocycles. The van der Waals surface area contributed by atoms with Gasteiger partial charge in [-0.2, -0.15) is 0 Å². The first kappa shape index (κ1) is 17.9. The Kier molecular flexibility index (Phi) is 4.17. The Hall–Kier alpha value is -4.19. The van der Waals surface area contributed by atoms with Crippen molar-refractivity contribution in [2.24, 2.45) is 0 Å². The van der Waals surface area contributed by atoms with Crippen LogP contribution >= 0.6 is 0 Å². The largest absolute Gasteiger partial charge is 0.507 e. The number of aliphatic hydroxyl groups excluding tert-OH is 1. The van der Waals surface area contributed by atoms with Crippen LogP contribution < -0.4 is 4.90 Å². The van der Waals surface area contributed by atoms with Crippen molar-refractivity contribution in [1.29, 1.82) is 0 Å². The fraction of sp³-hybridized carbons (Fsp3) is 0.0417. The van der Waals surface area contributed by atoms with Crippen molar-refractivity contribution in [3.05, 3.63) is 102 Å². The highest BCUT2D eigenvalue weighted by atomic mass is 16.3. The van der Waals surface area contributed by atoms with Gasteiger partial charge in [0.1, 0.15) is 5.76 Å². The second kappa shape index (κ2) is 7.00. The number of amides is 1. The van der Waals surface area contributed by atoms with Gasteiger partial charge in [-0.25, -0.2) is 0 Å². The van der Waals surface area contributed by atoms with Crippen LogP contribution in [0.1, 0.15) is 17.2 Å². The van der Waals surface area contributed by atoms with E-state index in [0.717, 1.165) is 16.5 Å². The number of rotatable bonds is 3. The summed E-state index contributed by atoms with van der Waals surface area (Å²) >= 11 is 0. The van der Waals surface area contributed by atoms with Crippen LogP contribution in [0.4, 0.5) is 5.69 Å². The number of aromatic nitrogens is 2. The summed E-state index contributed by atoms with van der Waals surface area (Å²) in [5.41, 5.74) is 2.70. The molecule has 1 unspecified atom stereocenters. The van der Waals surface area contributed by atoms with Gasteiger partial charge in [0.15, 0.2) is 0 Å². The predicted molar refractivity (Wildman–Crippen MR) is 114 cm³/mol.